The molecule has 148 valence electrons. The van der Waals surface area contributed by atoms with Crippen LogP contribution in [0.15, 0.2) is 48.5 Å². The van der Waals surface area contributed by atoms with Gasteiger partial charge in [0, 0.05) is 25.8 Å². The minimum Gasteiger partial charge on any atom is -0.486 e. The van der Waals surface area contributed by atoms with Gasteiger partial charge in [0.25, 0.3) is 0 Å². The van der Waals surface area contributed by atoms with Crippen molar-refractivity contribution in [2.24, 2.45) is 0 Å². The van der Waals surface area contributed by atoms with Crippen molar-refractivity contribution in [1.29, 1.82) is 0 Å². The SMILES string of the molecule is CN(CCNC(=O)C1(c2ccc3c(c2)OCCO3)CCCC1)c1ccccc1. The number of hydrogen-bond acceptors (Lipinski definition) is 4. The maximum atomic E-state index is 13.3. The smallest absolute Gasteiger partial charge is 0.230 e. The first kappa shape index (κ1) is 18.7. The molecule has 1 aliphatic carbocycles. The lowest BCUT2D eigenvalue weighted by atomic mass is 9.77. The number of amides is 1. The third kappa shape index (κ3) is 3.66. The van der Waals surface area contributed by atoms with E-state index in [0.717, 1.165) is 55.0 Å². The van der Waals surface area contributed by atoms with Gasteiger partial charge in [0.2, 0.25) is 5.91 Å². The third-order valence-corrected chi connectivity index (χ3v) is 5.92. The maximum Gasteiger partial charge on any atom is 0.230 e. The number of nitrogens with one attached hydrogen (secondary N) is 1. The fourth-order valence-electron chi connectivity index (χ4n) is 4.28. The lowest BCUT2D eigenvalue weighted by Crippen LogP contribution is -2.45. The van der Waals surface area contributed by atoms with Crippen LogP contribution in [-0.4, -0.2) is 39.3 Å². The molecule has 28 heavy (non-hydrogen) atoms. The van der Waals surface area contributed by atoms with Crippen molar-refractivity contribution >= 4 is 11.6 Å². The lowest BCUT2D eigenvalue weighted by Gasteiger charge is -2.30. The van der Waals surface area contributed by atoms with Crippen LogP contribution in [0.1, 0.15) is 31.2 Å². The van der Waals surface area contributed by atoms with Crippen molar-refractivity contribution in [3.63, 3.8) is 0 Å². The monoisotopic (exact) mass is 380 g/mol. The van der Waals surface area contributed by atoms with Gasteiger partial charge >= 0.3 is 0 Å². The van der Waals surface area contributed by atoms with Crippen LogP contribution in [0.2, 0.25) is 0 Å². The molecule has 1 heterocycles. The van der Waals surface area contributed by atoms with Crippen LogP contribution in [0.3, 0.4) is 0 Å². The molecule has 0 aromatic heterocycles. The molecule has 0 bridgehead atoms. The standard InChI is InChI=1S/C23H28N2O3/c1-25(19-7-3-2-4-8-19)14-13-24-22(26)23(11-5-6-12-23)18-9-10-20-21(17-18)28-16-15-27-20/h2-4,7-10,17H,5-6,11-16H2,1H3,(H,24,26). The number of benzene rings is 2. The molecular weight excluding hydrogens is 352 g/mol. The summed E-state index contributed by atoms with van der Waals surface area (Å²) < 4.78 is 11.4. The summed E-state index contributed by atoms with van der Waals surface area (Å²) in [5.74, 6) is 1.66. The van der Waals surface area contributed by atoms with Crippen molar-refractivity contribution in [2.45, 2.75) is 31.1 Å². The molecule has 1 aliphatic heterocycles. The second kappa shape index (κ2) is 8.13. The quantitative estimate of drug-likeness (QED) is 0.833. The highest BCUT2D eigenvalue weighted by atomic mass is 16.6. The molecule has 2 aliphatic rings. The van der Waals surface area contributed by atoms with Crippen LogP contribution in [0, 0.1) is 0 Å². The Morgan fingerprint density at radius 2 is 1.75 bits per heavy atom. The zero-order valence-corrected chi connectivity index (χ0v) is 16.4. The Bertz CT molecular complexity index is 816. The molecule has 0 atom stereocenters. The average molecular weight is 380 g/mol. The van der Waals surface area contributed by atoms with Gasteiger partial charge in [-0.15, -0.1) is 0 Å². The third-order valence-electron chi connectivity index (χ3n) is 5.92. The van der Waals surface area contributed by atoms with Crippen molar-refractivity contribution in [3.8, 4) is 11.5 Å². The Morgan fingerprint density at radius 1 is 1.04 bits per heavy atom. The van der Waals surface area contributed by atoms with Gasteiger partial charge < -0.3 is 19.7 Å². The summed E-state index contributed by atoms with van der Waals surface area (Å²) in [5, 5.41) is 3.19. The number of carbonyl (C=O) groups is 1. The molecule has 5 heteroatoms. The molecule has 1 fully saturated rings. The second-order valence-electron chi connectivity index (χ2n) is 7.66. The van der Waals surface area contributed by atoms with Gasteiger partial charge in [-0.3, -0.25) is 4.79 Å². The number of carbonyl (C=O) groups excluding carboxylic acids is 1. The maximum absolute atomic E-state index is 13.3. The van der Waals surface area contributed by atoms with E-state index in [9.17, 15) is 4.79 Å². The molecule has 2 aromatic rings. The minimum absolute atomic E-state index is 0.128. The molecule has 1 N–H and O–H groups in total. The number of fused-ring (bicyclic) bond motifs is 1. The molecule has 0 radical (unpaired) electrons. The molecule has 5 nitrogen and oxygen atoms in total. The van der Waals surface area contributed by atoms with Gasteiger partial charge in [0.05, 0.1) is 5.41 Å². The van der Waals surface area contributed by atoms with Crippen LogP contribution in [0.25, 0.3) is 0 Å². The highest BCUT2D eigenvalue weighted by molar-refractivity contribution is 5.88. The van der Waals surface area contributed by atoms with E-state index in [0.29, 0.717) is 19.8 Å². The van der Waals surface area contributed by atoms with E-state index in [1.54, 1.807) is 0 Å². The largest absolute Gasteiger partial charge is 0.486 e. The fourth-order valence-corrected chi connectivity index (χ4v) is 4.28. The molecule has 2 aromatic carbocycles. The van der Waals surface area contributed by atoms with E-state index < -0.39 is 5.41 Å². The van der Waals surface area contributed by atoms with Crippen LogP contribution < -0.4 is 19.7 Å². The Hall–Kier alpha value is -2.69. The predicted octanol–water partition coefficient (Wildman–Crippen LogP) is 3.52. The van der Waals surface area contributed by atoms with E-state index in [1.807, 2.05) is 43.4 Å². The number of anilines is 1. The summed E-state index contributed by atoms with van der Waals surface area (Å²) in [6.07, 6.45) is 3.91. The Morgan fingerprint density at radius 3 is 2.50 bits per heavy atom. The molecule has 4 rings (SSSR count). The van der Waals surface area contributed by atoms with Crippen LogP contribution in [-0.2, 0) is 10.2 Å². The summed E-state index contributed by atoms with van der Waals surface area (Å²) >= 11 is 0. The van der Waals surface area contributed by atoms with Gasteiger partial charge in [-0.1, -0.05) is 37.1 Å². The highest BCUT2D eigenvalue weighted by Gasteiger charge is 2.43. The van der Waals surface area contributed by atoms with Crippen molar-refractivity contribution in [3.05, 3.63) is 54.1 Å². The lowest BCUT2D eigenvalue weighted by molar-refractivity contribution is -0.126. The number of rotatable bonds is 6. The predicted molar refractivity (Wildman–Crippen MR) is 110 cm³/mol. The van der Waals surface area contributed by atoms with Gasteiger partial charge in [0.15, 0.2) is 11.5 Å². The van der Waals surface area contributed by atoms with Gasteiger partial charge in [0.1, 0.15) is 13.2 Å². The highest BCUT2D eigenvalue weighted by Crippen LogP contribution is 2.44. The van der Waals surface area contributed by atoms with Gasteiger partial charge in [-0.25, -0.2) is 0 Å². The minimum atomic E-state index is -0.457. The Kier molecular flexibility index (Phi) is 5.42. The normalized spacial score (nSPS) is 17.2. The van der Waals surface area contributed by atoms with Crippen molar-refractivity contribution in [1.82, 2.24) is 5.32 Å². The fraction of sp³-hybridized carbons (Fsp3) is 0.435. The average Bonchev–Trinajstić information content (AvgIpc) is 3.25. The van der Waals surface area contributed by atoms with Crippen molar-refractivity contribution < 1.29 is 14.3 Å². The van der Waals surface area contributed by atoms with Gasteiger partial charge in [-0.2, -0.15) is 0 Å². The van der Waals surface area contributed by atoms with Crippen LogP contribution in [0.5, 0.6) is 11.5 Å². The first-order chi connectivity index (χ1) is 13.7. The summed E-state index contributed by atoms with van der Waals surface area (Å²) in [4.78, 5) is 15.4. The van der Waals surface area contributed by atoms with E-state index in [2.05, 4.69) is 22.3 Å². The van der Waals surface area contributed by atoms with Gasteiger partial charge in [-0.05, 0) is 42.7 Å². The zero-order chi connectivity index (χ0) is 19.4. The van der Waals surface area contributed by atoms with E-state index in [-0.39, 0.29) is 5.91 Å². The molecule has 1 saturated carbocycles. The zero-order valence-electron chi connectivity index (χ0n) is 16.4. The van der Waals surface area contributed by atoms with Crippen LogP contribution in [0.4, 0.5) is 5.69 Å². The molecular formula is C23H28N2O3. The number of ether oxygens (including phenoxy) is 2. The summed E-state index contributed by atoms with van der Waals surface area (Å²) in [5.41, 5.74) is 1.74. The Balaban J connectivity index is 1.44. The first-order valence-electron chi connectivity index (χ1n) is 10.1. The van der Waals surface area contributed by atoms with Crippen molar-refractivity contribution in [2.75, 3.05) is 38.3 Å². The summed E-state index contributed by atoms with van der Waals surface area (Å²) in [6, 6.07) is 16.2. The number of nitrogens with zero attached hydrogens (tertiary/aromatic N) is 1. The Labute approximate surface area is 166 Å². The molecule has 0 unspecified atom stereocenters. The second-order valence-corrected chi connectivity index (χ2v) is 7.66. The van der Waals surface area contributed by atoms with E-state index in [1.165, 1.54) is 0 Å². The topological polar surface area (TPSA) is 50.8 Å². The first-order valence-corrected chi connectivity index (χ1v) is 10.1. The van der Waals surface area contributed by atoms with E-state index >= 15 is 0 Å². The summed E-state index contributed by atoms with van der Waals surface area (Å²) in [6.45, 7) is 2.53. The number of likely N-dealkylation sites (N-methyl/N-ethyl adjacent to an activating group) is 1. The summed E-state index contributed by atoms with van der Waals surface area (Å²) in [7, 11) is 2.05. The molecule has 1 amide bonds. The van der Waals surface area contributed by atoms with E-state index in [4.69, 9.17) is 9.47 Å². The molecule has 0 spiro atoms. The van der Waals surface area contributed by atoms with Crippen LogP contribution >= 0.6 is 0 Å². The number of hydrogen-bond donors (Lipinski definition) is 1. The molecule has 0 saturated heterocycles. The number of para-hydroxylation sites is 1.